The molecule has 0 saturated heterocycles. The van der Waals surface area contributed by atoms with Crippen molar-refractivity contribution in [3.63, 3.8) is 0 Å². The highest BCUT2D eigenvalue weighted by Crippen LogP contribution is 2.38. The number of carbonyl (C=O) groups excluding carboxylic acids is 1. The maximum atomic E-state index is 12.9. The molecule has 6 nitrogen and oxygen atoms in total. The smallest absolute Gasteiger partial charge is 0.203 e. The van der Waals surface area contributed by atoms with Crippen molar-refractivity contribution in [2.24, 2.45) is 0 Å². The number of ether oxygens (including phenoxy) is 3. The van der Waals surface area contributed by atoms with Crippen LogP contribution in [0.15, 0.2) is 48.8 Å². The molecule has 0 radical (unpaired) electrons. The largest absolute Gasteiger partial charge is 0.493 e. The SMILES string of the molecule is COc1cc(C(=O)c2cnn(-c3ccccc3C)c2)cc(OC)c1OC. The van der Waals surface area contributed by atoms with Crippen molar-refractivity contribution in [2.75, 3.05) is 21.3 Å². The van der Waals surface area contributed by atoms with Crippen molar-refractivity contribution < 1.29 is 19.0 Å². The minimum absolute atomic E-state index is 0.177. The van der Waals surface area contributed by atoms with Crippen LogP contribution in [0.1, 0.15) is 21.5 Å². The molecule has 0 N–H and O–H groups in total. The van der Waals surface area contributed by atoms with E-state index < -0.39 is 0 Å². The van der Waals surface area contributed by atoms with Crippen molar-refractivity contribution in [3.8, 4) is 22.9 Å². The van der Waals surface area contributed by atoms with E-state index >= 15 is 0 Å². The number of nitrogens with zero attached hydrogens (tertiary/aromatic N) is 2. The van der Waals surface area contributed by atoms with Crippen molar-refractivity contribution >= 4 is 5.78 Å². The number of rotatable bonds is 6. The van der Waals surface area contributed by atoms with Crippen molar-refractivity contribution in [1.82, 2.24) is 9.78 Å². The molecule has 26 heavy (non-hydrogen) atoms. The van der Waals surface area contributed by atoms with E-state index in [2.05, 4.69) is 5.10 Å². The van der Waals surface area contributed by atoms with Crippen LogP contribution in [0.5, 0.6) is 17.2 Å². The molecule has 0 aliphatic rings. The van der Waals surface area contributed by atoms with E-state index in [1.807, 2.05) is 31.2 Å². The van der Waals surface area contributed by atoms with Gasteiger partial charge in [-0.15, -0.1) is 0 Å². The lowest BCUT2D eigenvalue weighted by Crippen LogP contribution is -2.03. The highest BCUT2D eigenvalue weighted by molar-refractivity contribution is 6.09. The Labute approximate surface area is 151 Å². The average Bonchev–Trinajstić information content (AvgIpc) is 3.16. The minimum atomic E-state index is -0.177. The van der Waals surface area contributed by atoms with Gasteiger partial charge in [-0.1, -0.05) is 18.2 Å². The average molecular weight is 352 g/mol. The molecule has 0 saturated carbocycles. The third-order valence-electron chi connectivity index (χ3n) is 4.13. The van der Waals surface area contributed by atoms with Gasteiger partial charge in [0.1, 0.15) is 0 Å². The number of aryl methyl sites for hydroxylation is 1. The Morgan fingerprint density at radius 1 is 0.962 bits per heavy atom. The van der Waals surface area contributed by atoms with Crippen LogP contribution in [0.2, 0.25) is 0 Å². The van der Waals surface area contributed by atoms with E-state index in [0.717, 1.165) is 11.3 Å². The van der Waals surface area contributed by atoms with Crippen LogP contribution >= 0.6 is 0 Å². The second-order valence-electron chi connectivity index (χ2n) is 5.70. The van der Waals surface area contributed by atoms with E-state index in [4.69, 9.17) is 14.2 Å². The Kier molecular flexibility index (Phi) is 4.93. The number of aromatic nitrogens is 2. The van der Waals surface area contributed by atoms with Gasteiger partial charge in [0.05, 0.1) is 38.8 Å². The lowest BCUT2D eigenvalue weighted by molar-refractivity contribution is 0.103. The van der Waals surface area contributed by atoms with Gasteiger partial charge in [-0.25, -0.2) is 4.68 Å². The topological polar surface area (TPSA) is 62.6 Å². The van der Waals surface area contributed by atoms with Crippen molar-refractivity contribution in [2.45, 2.75) is 6.92 Å². The molecule has 1 heterocycles. The summed E-state index contributed by atoms with van der Waals surface area (Å²) in [6.45, 7) is 2.00. The summed E-state index contributed by atoms with van der Waals surface area (Å²) < 4.78 is 17.6. The molecule has 1 aromatic heterocycles. The molecule has 0 spiro atoms. The number of hydrogen-bond acceptors (Lipinski definition) is 5. The van der Waals surface area contributed by atoms with Gasteiger partial charge in [0, 0.05) is 11.8 Å². The summed E-state index contributed by atoms with van der Waals surface area (Å²) in [6, 6.07) is 11.1. The second kappa shape index (κ2) is 7.31. The highest BCUT2D eigenvalue weighted by Gasteiger charge is 2.19. The number of benzene rings is 2. The molecule has 134 valence electrons. The number of para-hydroxylation sites is 1. The second-order valence-corrected chi connectivity index (χ2v) is 5.70. The predicted octanol–water partition coefficient (Wildman–Crippen LogP) is 3.44. The fourth-order valence-corrected chi connectivity index (χ4v) is 2.77. The standard InChI is InChI=1S/C20H20N2O4/c1-13-7-5-6-8-16(13)22-12-15(11-21-22)19(23)14-9-17(24-2)20(26-4)18(10-14)25-3/h5-12H,1-4H3. The monoisotopic (exact) mass is 352 g/mol. The van der Waals surface area contributed by atoms with Crippen LogP contribution in [-0.4, -0.2) is 36.9 Å². The van der Waals surface area contributed by atoms with Gasteiger partial charge < -0.3 is 14.2 Å². The first kappa shape index (κ1) is 17.5. The number of hydrogen-bond donors (Lipinski definition) is 0. The van der Waals surface area contributed by atoms with E-state index in [1.54, 1.807) is 29.2 Å². The summed E-state index contributed by atoms with van der Waals surface area (Å²) in [5.74, 6) is 1.13. The van der Waals surface area contributed by atoms with Crippen molar-refractivity contribution in [3.05, 3.63) is 65.5 Å². The third kappa shape index (κ3) is 3.13. The summed E-state index contributed by atoms with van der Waals surface area (Å²) in [6.07, 6.45) is 3.27. The number of ketones is 1. The summed E-state index contributed by atoms with van der Waals surface area (Å²) in [7, 11) is 4.55. The maximum absolute atomic E-state index is 12.9. The molecular weight excluding hydrogens is 332 g/mol. The minimum Gasteiger partial charge on any atom is -0.493 e. The summed E-state index contributed by atoms with van der Waals surface area (Å²) in [5, 5.41) is 4.32. The zero-order chi connectivity index (χ0) is 18.7. The normalized spacial score (nSPS) is 10.5. The first-order valence-electron chi connectivity index (χ1n) is 8.04. The highest BCUT2D eigenvalue weighted by atomic mass is 16.5. The Balaban J connectivity index is 1.99. The van der Waals surface area contributed by atoms with Crippen LogP contribution in [-0.2, 0) is 0 Å². The molecule has 3 rings (SSSR count). The van der Waals surface area contributed by atoms with Gasteiger partial charge >= 0.3 is 0 Å². The van der Waals surface area contributed by atoms with Crippen LogP contribution in [0.4, 0.5) is 0 Å². The molecule has 0 amide bonds. The quantitative estimate of drug-likeness (QED) is 0.636. The molecule has 0 unspecified atom stereocenters. The number of methoxy groups -OCH3 is 3. The van der Waals surface area contributed by atoms with Gasteiger partial charge in [0.2, 0.25) is 5.75 Å². The van der Waals surface area contributed by atoms with Crippen LogP contribution < -0.4 is 14.2 Å². The zero-order valence-electron chi connectivity index (χ0n) is 15.1. The number of carbonyl (C=O) groups is 1. The van der Waals surface area contributed by atoms with Gasteiger partial charge in [-0.2, -0.15) is 5.10 Å². The van der Waals surface area contributed by atoms with E-state index in [1.165, 1.54) is 21.3 Å². The fourth-order valence-electron chi connectivity index (χ4n) is 2.77. The first-order chi connectivity index (χ1) is 12.6. The van der Waals surface area contributed by atoms with Crippen LogP contribution in [0, 0.1) is 6.92 Å². The molecule has 6 heteroatoms. The van der Waals surface area contributed by atoms with E-state index in [-0.39, 0.29) is 5.78 Å². The summed E-state index contributed by atoms with van der Waals surface area (Å²) in [4.78, 5) is 12.9. The predicted molar refractivity (Wildman–Crippen MR) is 97.8 cm³/mol. The lowest BCUT2D eigenvalue weighted by atomic mass is 10.1. The van der Waals surface area contributed by atoms with Crippen LogP contribution in [0.3, 0.4) is 0 Å². The Morgan fingerprint density at radius 3 is 2.19 bits per heavy atom. The maximum Gasteiger partial charge on any atom is 0.203 e. The molecule has 2 aromatic carbocycles. The van der Waals surface area contributed by atoms with Crippen molar-refractivity contribution in [1.29, 1.82) is 0 Å². The van der Waals surface area contributed by atoms with Gasteiger partial charge in [-0.3, -0.25) is 4.79 Å². The first-order valence-corrected chi connectivity index (χ1v) is 8.04. The molecule has 0 aliphatic carbocycles. The Bertz CT molecular complexity index is 921. The Hall–Kier alpha value is -3.28. The summed E-state index contributed by atoms with van der Waals surface area (Å²) >= 11 is 0. The van der Waals surface area contributed by atoms with Gasteiger partial charge in [-0.05, 0) is 30.7 Å². The molecule has 0 fully saturated rings. The molecule has 0 atom stereocenters. The fraction of sp³-hybridized carbons (Fsp3) is 0.200. The molecule has 0 aliphatic heterocycles. The molecular formula is C20H20N2O4. The summed E-state index contributed by atoms with van der Waals surface area (Å²) in [5.41, 5.74) is 2.91. The van der Waals surface area contributed by atoms with Gasteiger partial charge in [0.15, 0.2) is 17.3 Å². The van der Waals surface area contributed by atoms with Gasteiger partial charge in [0.25, 0.3) is 0 Å². The molecule has 0 bridgehead atoms. The third-order valence-corrected chi connectivity index (χ3v) is 4.13. The van der Waals surface area contributed by atoms with E-state index in [9.17, 15) is 4.79 Å². The van der Waals surface area contributed by atoms with Crippen LogP contribution in [0.25, 0.3) is 5.69 Å². The zero-order valence-corrected chi connectivity index (χ0v) is 15.1. The Morgan fingerprint density at radius 2 is 1.62 bits per heavy atom. The molecule has 3 aromatic rings. The van der Waals surface area contributed by atoms with E-state index in [0.29, 0.717) is 28.4 Å². The lowest BCUT2D eigenvalue weighted by Gasteiger charge is -2.13.